The summed E-state index contributed by atoms with van der Waals surface area (Å²) in [4.78, 5) is 36.8. The summed E-state index contributed by atoms with van der Waals surface area (Å²) in [7, 11) is 0. The van der Waals surface area contributed by atoms with Crippen LogP contribution < -0.4 is 10.2 Å². The van der Waals surface area contributed by atoms with Crippen molar-refractivity contribution in [3.05, 3.63) is 24.5 Å². The van der Waals surface area contributed by atoms with Crippen LogP contribution in [0, 0.1) is 11.8 Å². The minimum Gasteiger partial charge on any atom is -0.368 e. The van der Waals surface area contributed by atoms with Crippen LogP contribution in [-0.4, -0.2) is 78.0 Å². The third kappa shape index (κ3) is 3.05. The Hall–Kier alpha value is -2.15. The van der Waals surface area contributed by atoms with E-state index in [0.29, 0.717) is 25.4 Å². The first-order valence-corrected chi connectivity index (χ1v) is 10.7. The molecule has 1 N–H and O–H groups in total. The smallest absolute Gasteiger partial charge is 0.245 e. The van der Waals surface area contributed by atoms with Crippen molar-refractivity contribution in [3.63, 3.8) is 0 Å². The molecule has 7 nitrogen and oxygen atoms in total. The molecule has 4 atom stereocenters. The molecule has 150 valence electrons. The van der Waals surface area contributed by atoms with Gasteiger partial charge in [-0.05, 0) is 43.9 Å². The molecule has 4 aliphatic rings. The second-order valence-corrected chi connectivity index (χ2v) is 8.64. The highest BCUT2D eigenvalue weighted by Crippen LogP contribution is 2.40. The molecule has 7 heteroatoms. The lowest BCUT2D eigenvalue weighted by Crippen LogP contribution is -2.69. The van der Waals surface area contributed by atoms with Gasteiger partial charge in [0.05, 0.1) is 0 Å². The Labute approximate surface area is 166 Å². The van der Waals surface area contributed by atoms with Crippen molar-refractivity contribution in [1.82, 2.24) is 20.1 Å². The number of hydrogen-bond acceptors (Lipinski definition) is 5. The van der Waals surface area contributed by atoms with Crippen molar-refractivity contribution >= 4 is 17.5 Å². The maximum atomic E-state index is 13.6. The lowest BCUT2D eigenvalue weighted by molar-refractivity contribution is -0.162. The standard InChI is InChI=1S/C21H29N5O2/c27-19-3-1-2-18-15-12-16(14-23-13-15)20(26(18)19)21(28)25-10-8-24(9-11-25)17-4-6-22-7-5-17/h4-7,15-16,18,20,23H,1-3,8-14H2/t15-,16+,18+,20-/m1/s1. The summed E-state index contributed by atoms with van der Waals surface area (Å²) in [5, 5.41) is 3.53. The van der Waals surface area contributed by atoms with Gasteiger partial charge in [0.2, 0.25) is 11.8 Å². The highest BCUT2D eigenvalue weighted by atomic mass is 16.2. The average molecular weight is 383 g/mol. The average Bonchev–Trinajstić information content (AvgIpc) is 2.75. The van der Waals surface area contributed by atoms with E-state index in [1.165, 1.54) is 0 Å². The molecule has 2 bridgehead atoms. The highest BCUT2D eigenvalue weighted by Gasteiger charge is 2.51. The molecule has 0 unspecified atom stereocenters. The second-order valence-electron chi connectivity index (χ2n) is 8.64. The monoisotopic (exact) mass is 383 g/mol. The number of amides is 2. The second kappa shape index (κ2) is 7.35. The summed E-state index contributed by atoms with van der Waals surface area (Å²) < 4.78 is 0. The lowest BCUT2D eigenvalue weighted by Gasteiger charge is -2.55. The number of piperidine rings is 3. The molecule has 5 rings (SSSR count). The molecular formula is C21H29N5O2. The molecule has 4 saturated heterocycles. The number of rotatable bonds is 2. The molecule has 1 aromatic heterocycles. The maximum Gasteiger partial charge on any atom is 0.245 e. The molecule has 1 aromatic rings. The first-order valence-electron chi connectivity index (χ1n) is 10.7. The summed E-state index contributed by atoms with van der Waals surface area (Å²) in [5.74, 6) is 1.13. The maximum absolute atomic E-state index is 13.6. The van der Waals surface area contributed by atoms with Crippen LogP contribution in [0.3, 0.4) is 0 Å². The molecule has 2 amide bonds. The topological polar surface area (TPSA) is 68.8 Å². The van der Waals surface area contributed by atoms with Crippen LogP contribution in [-0.2, 0) is 9.59 Å². The first-order chi connectivity index (χ1) is 13.7. The van der Waals surface area contributed by atoms with Crippen molar-refractivity contribution in [2.45, 2.75) is 37.8 Å². The Morgan fingerprint density at radius 3 is 2.61 bits per heavy atom. The van der Waals surface area contributed by atoms with Crippen LogP contribution in [0.25, 0.3) is 0 Å². The Balaban J connectivity index is 1.32. The predicted octanol–water partition coefficient (Wildman–Crippen LogP) is 0.719. The quantitative estimate of drug-likeness (QED) is 0.815. The minimum atomic E-state index is -0.269. The van der Waals surface area contributed by atoms with Gasteiger partial charge >= 0.3 is 0 Å². The van der Waals surface area contributed by atoms with E-state index in [2.05, 4.69) is 15.2 Å². The summed E-state index contributed by atoms with van der Waals surface area (Å²) in [6.45, 7) is 4.91. The zero-order chi connectivity index (χ0) is 19.1. The number of pyridine rings is 1. The summed E-state index contributed by atoms with van der Waals surface area (Å²) in [6, 6.07) is 4.01. The number of nitrogens with one attached hydrogen (secondary N) is 1. The fourth-order valence-corrected chi connectivity index (χ4v) is 5.76. The lowest BCUT2D eigenvalue weighted by atomic mass is 9.72. The van der Waals surface area contributed by atoms with Gasteiger partial charge in [-0.25, -0.2) is 0 Å². The van der Waals surface area contributed by atoms with Crippen LogP contribution in [0.4, 0.5) is 5.69 Å². The highest BCUT2D eigenvalue weighted by molar-refractivity contribution is 5.89. The Bertz CT molecular complexity index is 734. The third-order valence-corrected chi connectivity index (χ3v) is 7.12. The molecular weight excluding hydrogens is 354 g/mol. The van der Waals surface area contributed by atoms with Gasteiger partial charge in [0.25, 0.3) is 0 Å². The van der Waals surface area contributed by atoms with Gasteiger partial charge < -0.3 is 20.0 Å². The number of nitrogens with zero attached hydrogens (tertiary/aromatic N) is 4. The minimum absolute atomic E-state index is 0.168. The van der Waals surface area contributed by atoms with E-state index in [-0.39, 0.29) is 29.8 Å². The normalized spacial score (nSPS) is 32.9. The molecule has 0 aromatic carbocycles. The van der Waals surface area contributed by atoms with Gasteiger partial charge in [-0.2, -0.15) is 0 Å². The number of piperazine rings is 1. The molecule has 0 saturated carbocycles. The molecule has 5 heterocycles. The van der Waals surface area contributed by atoms with Crippen LogP contribution >= 0.6 is 0 Å². The first kappa shape index (κ1) is 17.9. The number of aromatic nitrogens is 1. The Morgan fingerprint density at radius 2 is 1.82 bits per heavy atom. The van der Waals surface area contributed by atoms with E-state index in [1.807, 2.05) is 34.3 Å². The van der Waals surface area contributed by atoms with Crippen molar-refractivity contribution in [1.29, 1.82) is 0 Å². The fraction of sp³-hybridized carbons (Fsp3) is 0.667. The fourth-order valence-electron chi connectivity index (χ4n) is 5.76. The van der Waals surface area contributed by atoms with Crippen molar-refractivity contribution < 1.29 is 9.59 Å². The van der Waals surface area contributed by atoms with Crippen molar-refractivity contribution in [2.24, 2.45) is 11.8 Å². The molecule has 4 aliphatic heterocycles. The molecule has 28 heavy (non-hydrogen) atoms. The van der Waals surface area contributed by atoms with E-state index >= 15 is 0 Å². The number of hydrogen-bond donors (Lipinski definition) is 1. The number of carbonyl (C=O) groups is 2. The van der Waals surface area contributed by atoms with Crippen molar-refractivity contribution in [3.8, 4) is 0 Å². The SMILES string of the molecule is O=C([C@H]1[C@@H]2CNC[C@@H](C2)[C@@H]2CCCC(=O)N21)N1CCN(c2ccncc2)CC1. The van der Waals surface area contributed by atoms with Crippen LogP contribution in [0.1, 0.15) is 25.7 Å². The number of anilines is 1. The van der Waals surface area contributed by atoms with Crippen molar-refractivity contribution in [2.75, 3.05) is 44.2 Å². The number of fused-ring (bicyclic) bond motifs is 4. The Morgan fingerprint density at radius 1 is 1.07 bits per heavy atom. The summed E-state index contributed by atoms with van der Waals surface area (Å²) >= 11 is 0. The summed E-state index contributed by atoms with van der Waals surface area (Å²) in [6.07, 6.45) is 7.31. The largest absolute Gasteiger partial charge is 0.368 e. The van der Waals surface area contributed by atoms with E-state index in [0.717, 1.165) is 51.1 Å². The summed E-state index contributed by atoms with van der Waals surface area (Å²) in [5.41, 5.74) is 1.16. The molecule has 0 radical (unpaired) electrons. The van der Waals surface area contributed by atoms with Gasteiger partial charge in [-0.3, -0.25) is 14.6 Å². The van der Waals surface area contributed by atoms with E-state index < -0.39 is 0 Å². The molecule has 0 spiro atoms. The van der Waals surface area contributed by atoms with E-state index in [1.54, 1.807) is 0 Å². The van der Waals surface area contributed by atoms with Gasteiger partial charge in [0, 0.05) is 69.2 Å². The number of carbonyl (C=O) groups excluding carboxylic acids is 2. The van der Waals surface area contributed by atoms with Crippen LogP contribution in [0.15, 0.2) is 24.5 Å². The van der Waals surface area contributed by atoms with Gasteiger partial charge in [0.1, 0.15) is 6.04 Å². The third-order valence-electron chi connectivity index (χ3n) is 7.12. The molecule has 0 aliphatic carbocycles. The zero-order valence-corrected chi connectivity index (χ0v) is 16.3. The molecule has 4 fully saturated rings. The van der Waals surface area contributed by atoms with Gasteiger partial charge in [-0.1, -0.05) is 0 Å². The Kier molecular flexibility index (Phi) is 4.70. The van der Waals surface area contributed by atoms with E-state index in [4.69, 9.17) is 0 Å². The zero-order valence-electron chi connectivity index (χ0n) is 16.3. The predicted molar refractivity (Wildman–Crippen MR) is 106 cm³/mol. The van der Waals surface area contributed by atoms with Crippen LogP contribution in [0.5, 0.6) is 0 Å². The van der Waals surface area contributed by atoms with E-state index in [9.17, 15) is 9.59 Å². The van der Waals surface area contributed by atoms with Gasteiger partial charge in [-0.15, -0.1) is 0 Å². The van der Waals surface area contributed by atoms with Crippen LogP contribution in [0.2, 0.25) is 0 Å². The van der Waals surface area contributed by atoms with Gasteiger partial charge in [0.15, 0.2) is 0 Å².